The smallest absolute Gasteiger partial charge is 0.0130 e. The van der Waals surface area contributed by atoms with Gasteiger partial charge in [0.15, 0.2) is 0 Å². The normalized spacial score (nSPS) is 17.4. The molecular formula is C10H12IN. The highest BCUT2D eigenvalue weighted by Gasteiger charge is 2.16. The molecule has 0 atom stereocenters. The molecule has 12 heavy (non-hydrogen) atoms. The van der Waals surface area contributed by atoms with Crippen LogP contribution in [0.15, 0.2) is 24.3 Å². The number of halogens is 1. The molecule has 0 aliphatic carbocycles. The van der Waals surface area contributed by atoms with E-state index in [-0.39, 0.29) is 0 Å². The topological polar surface area (TPSA) is 12.0 Å². The summed E-state index contributed by atoms with van der Waals surface area (Å²) in [6, 6.07) is 8.84. The van der Waals surface area contributed by atoms with Crippen LogP contribution in [0.25, 0.3) is 0 Å². The average Bonchev–Trinajstić information content (AvgIpc) is 2.00. The molecule has 2 heteroatoms. The first-order valence-corrected chi connectivity index (χ1v) is 5.37. The van der Waals surface area contributed by atoms with Crippen molar-refractivity contribution in [2.75, 3.05) is 13.1 Å². The Morgan fingerprint density at radius 3 is 2.42 bits per heavy atom. The molecule has 1 aliphatic rings. The molecule has 64 valence electrons. The van der Waals surface area contributed by atoms with Crippen molar-refractivity contribution in [3.63, 3.8) is 0 Å². The number of hydrogen-bond acceptors (Lipinski definition) is 1. The number of nitrogens with one attached hydrogen (secondary N) is 1. The van der Waals surface area contributed by atoms with Gasteiger partial charge < -0.3 is 5.32 Å². The number of rotatable bonds is 2. The first-order valence-electron chi connectivity index (χ1n) is 4.30. The molecule has 0 bridgehead atoms. The first-order chi connectivity index (χ1) is 5.84. The number of hydrogen-bond donors (Lipinski definition) is 1. The van der Waals surface area contributed by atoms with E-state index >= 15 is 0 Å². The van der Waals surface area contributed by atoms with E-state index in [1.54, 1.807) is 0 Å². The van der Waals surface area contributed by atoms with Crippen LogP contribution in [0.4, 0.5) is 0 Å². The van der Waals surface area contributed by atoms with Gasteiger partial charge in [-0.05, 0) is 65.7 Å². The van der Waals surface area contributed by atoms with Gasteiger partial charge in [0.1, 0.15) is 0 Å². The Hall–Kier alpha value is -0.0900. The summed E-state index contributed by atoms with van der Waals surface area (Å²) >= 11 is 2.34. The second kappa shape index (κ2) is 3.75. The molecule has 1 aliphatic heterocycles. The summed E-state index contributed by atoms with van der Waals surface area (Å²) in [7, 11) is 0. The summed E-state index contributed by atoms with van der Waals surface area (Å²) in [5.41, 5.74) is 1.47. The van der Waals surface area contributed by atoms with E-state index in [1.165, 1.54) is 28.6 Å². The van der Waals surface area contributed by atoms with Crippen molar-refractivity contribution in [3.05, 3.63) is 33.4 Å². The van der Waals surface area contributed by atoms with Crippen LogP contribution in [0.5, 0.6) is 0 Å². The molecule has 0 aromatic heterocycles. The molecule has 1 aromatic carbocycles. The minimum absolute atomic E-state index is 0.880. The van der Waals surface area contributed by atoms with Gasteiger partial charge in [0.2, 0.25) is 0 Å². The van der Waals surface area contributed by atoms with Gasteiger partial charge in [0, 0.05) is 3.57 Å². The predicted octanol–water partition coefficient (Wildman–Crippen LogP) is 2.05. The fraction of sp³-hybridized carbons (Fsp3) is 0.400. The third kappa shape index (κ3) is 1.98. The Bertz CT molecular complexity index is 251. The monoisotopic (exact) mass is 273 g/mol. The van der Waals surface area contributed by atoms with E-state index in [2.05, 4.69) is 52.2 Å². The molecule has 0 radical (unpaired) electrons. The summed E-state index contributed by atoms with van der Waals surface area (Å²) in [4.78, 5) is 0. The van der Waals surface area contributed by atoms with Crippen molar-refractivity contribution < 1.29 is 0 Å². The average molecular weight is 273 g/mol. The zero-order valence-electron chi connectivity index (χ0n) is 6.89. The molecule has 0 unspecified atom stereocenters. The van der Waals surface area contributed by atoms with Crippen LogP contribution in [0.2, 0.25) is 0 Å². The number of benzene rings is 1. The van der Waals surface area contributed by atoms with Crippen molar-refractivity contribution in [2.24, 2.45) is 5.92 Å². The van der Waals surface area contributed by atoms with Crippen LogP contribution >= 0.6 is 22.6 Å². The zero-order valence-corrected chi connectivity index (χ0v) is 9.04. The fourth-order valence-electron chi connectivity index (χ4n) is 1.45. The van der Waals surface area contributed by atoms with E-state index in [4.69, 9.17) is 0 Å². The fourth-order valence-corrected chi connectivity index (χ4v) is 1.81. The van der Waals surface area contributed by atoms with Crippen LogP contribution < -0.4 is 5.32 Å². The minimum atomic E-state index is 0.880. The molecule has 1 N–H and O–H groups in total. The van der Waals surface area contributed by atoms with Crippen LogP contribution in [-0.4, -0.2) is 13.1 Å². The molecule has 0 saturated carbocycles. The summed E-state index contributed by atoms with van der Waals surface area (Å²) in [6.07, 6.45) is 1.24. The van der Waals surface area contributed by atoms with E-state index in [0.29, 0.717) is 0 Å². The van der Waals surface area contributed by atoms with Crippen molar-refractivity contribution in [2.45, 2.75) is 6.42 Å². The second-order valence-electron chi connectivity index (χ2n) is 3.35. The molecular weight excluding hydrogens is 261 g/mol. The van der Waals surface area contributed by atoms with E-state index < -0.39 is 0 Å². The van der Waals surface area contributed by atoms with Crippen LogP contribution in [0, 0.1) is 9.49 Å². The van der Waals surface area contributed by atoms with Crippen molar-refractivity contribution >= 4 is 22.6 Å². The maximum absolute atomic E-state index is 3.29. The van der Waals surface area contributed by atoms with Gasteiger partial charge in [0.25, 0.3) is 0 Å². The third-order valence-corrected chi connectivity index (χ3v) is 3.02. The lowest BCUT2D eigenvalue weighted by atomic mass is 9.95. The molecule has 1 heterocycles. The summed E-state index contributed by atoms with van der Waals surface area (Å²) < 4.78 is 1.32. The summed E-state index contributed by atoms with van der Waals surface area (Å²) in [6.45, 7) is 2.40. The SMILES string of the molecule is Ic1ccc(CC2CNC2)cc1. The quantitative estimate of drug-likeness (QED) is 0.813. The lowest BCUT2D eigenvalue weighted by Crippen LogP contribution is -2.43. The maximum Gasteiger partial charge on any atom is 0.0130 e. The molecule has 0 amide bonds. The first kappa shape index (κ1) is 8.51. The van der Waals surface area contributed by atoms with E-state index in [1.807, 2.05) is 0 Å². The van der Waals surface area contributed by atoms with Crippen LogP contribution in [-0.2, 0) is 6.42 Å². The Labute approximate surface area is 86.7 Å². The van der Waals surface area contributed by atoms with Crippen LogP contribution in [0.1, 0.15) is 5.56 Å². The highest BCUT2D eigenvalue weighted by molar-refractivity contribution is 14.1. The lowest BCUT2D eigenvalue weighted by molar-refractivity contribution is 0.346. The zero-order chi connectivity index (χ0) is 8.39. The van der Waals surface area contributed by atoms with Gasteiger partial charge in [-0.2, -0.15) is 0 Å². The van der Waals surface area contributed by atoms with Gasteiger partial charge >= 0.3 is 0 Å². The third-order valence-electron chi connectivity index (χ3n) is 2.30. The summed E-state index contributed by atoms with van der Waals surface area (Å²) in [5, 5.41) is 3.29. The Balaban J connectivity index is 1.98. The summed E-state index contributed by atoms with van der Waals surface area (Å²) in [5.74, 6) is 0.880. The molecule has 1 fully saturated rings. The molecule has 0 spiro atoms. The Kier molecular flexibility index (Phi) is 2.66. The Morgan fingerprint density at radius 1 is 1.25 bits per heavy atom. The minimum Gasteiger partial charge on any atom is -0.316 e. The van der Waals surface area contributed by atoms with Crippen LogP contribution in [0.3, 0.4) is 0 Å². The maximum atomic E-state index is 3.29. The lowest BCUT2D eigenvalue weighted by Gasteiger charge is -2.27. The highest BCUT2D eigenvalue weighted by Crippen LogP contribution is 2.13. The second-order valence-corrected chi connectivity index (χ2v) is 4.60. The molecule has 2 rings (SSSR count). The molecule has 1 aromatic rings. The standard InChI is InChI=1S/C10H12IN/c11-10-3-1-8(2-4-10)5-9-6-12-7-9/h1-4,9,12H,5-7H2. The highest BCUT2D eigenvalue weighted by atomic mass is 127. The van der Waals surface area contributed by atoms with Gasteiger partial charge in [-0.1, -0.05) is 12.1 Å². The van der Waals surface area contributed by atoms with Crippen molar-refractivity contribution in [1.82, 2.24) is 5.32 Å². The van der Waals surface area contributed by atoms with Crippen molar-refractivity contribution in [3.8, 4) is 0 Å². The molecule has 1 saturated heterocycles. The molecule has 1 nitrogen and oxygen atoms in total. The van der Waals surface area contributed by atoms with E-state index in [0.717, 1.165) is 5.92 Å². The van der Waals surface area contributed by atoms with Gasteiger partial charge in [-0.15, -0.1) is 0 Å². The van der Waals surface area contributed by atoms with Gasteiger partial charge in [-0.25, -0.2) is 0 Å². The predicted molar refractivity (Wildman–Crippen MR) is 59.2 cm³/mol. The van der Waals surface area contributed by atoms with Crippen molar-refractivity contribution in [1.29, 1.82) is 0 Å². The Morgan fingerprint density at radius 2 is 1.92 bits per heavy atom. The van der Waals surface area contributed by atoms with E-state index in [9.17, 15) is 0 Å². The van der Waals surface area contributed by atoms with Gasteiger partial charge in [-0.3, -0.25) is 0 Å². The van der Waals surface area contributed by atoms with Gasteiger partial charge in [0.05, 0.1) is 0 Å². The largest absolute Gasteiger partial charge is 0.316 e.